The first kappa shape index (κ1) is 25.1. The number of rotatable bonds is 8. The summed E-state index contributed by atoms with van der Waals surface area (Å²) in [5.41, 5.74) is 4.17. The average molecular weight is 467 g/mol. The summed E-state index contributed by atoms with van der Waals surface area (Å²) in [4.78, 5) is 11.1. The van der Waals surface area contributed by atoms with Gasteiger partial charge in [-0.1, -0.05) is 61.1 Å². The SMILES string of the molecule is C=COCOCc1ccc(C#Cc2ccc(C#Cc3ccc(COC(=O)C=C)cc3)cc2F)cc1. The van der Waals surface area contributed by atoms with Crippen molar-refractivity contribution in [1.82, 2.24) is 0 Å². The fourth-order valence-electron chi connectivity index (χ4n) is 2.82. The Hall–Kier alpha value is -4.58. The first-order chi connectivity index (χ1) is 17.1. The molecule has 3 aromatic rings. The van der Waals surface area contributed by atoms with Gasteiger partial charge in [0.15, 0.2) is 6.79 Å². The molecule has 0 heterocycles. The van der Waals surface area contributed by atoms with E-state index in [2.05, 4.69) is 36.8 Å². The van der Waals surface area contributed by atoms with E-state index >= 15 is 0 Å². The lowest BCUT2D eigenvalue weighted by molar-refractivity contribution is -0.138. The third-order valence-corrected chi connectivity index (χ3v) is 4.66. The summed E-state index contributed by atoms with van der Waals surface area (Å²) in [6, 6.07) is 19.5. The van der Waals surface area contributed by atoms with E-state index in [0.29, 0.717) is 17.7 Å². The third-order valence-electron chi connectivity index (χ3n) is 4.66. The minimum absolute atomic E-state index is 0.145. The number of hydrogen-bond donors (Lipinski definition) is 0. The van der Waals surface area contributed by atoms with E-state index in [1.54, 1.807) is 12.1 Å². The number of hydrogen-bond acceptors (Lipinski definition) is 4. The monoisotopic (exact) mass is 466 g/mol. The van der Waals surface area contributed by atoms with Crippen LogP contribution in [0.1, 0.15) is 33.4 Å². The summed E-state index contributed by atoms with van der Waals surface area (Å²) in [6.45, 7) is 7.52. The summed E-state index contributed by atoms with van der Waals surface area (Å²) in [7, 11) is 0. The van der Waals surface area contributed by atoms with Crippen LogP contribution in [-0.2, 0) is 32.2 Å². The normalized spacial score (nSPS) is 9.63. The van der Waals surface area contributed by atoms with Crippen molar-refractivity contribution in [1.29, 1.82) is 0 Å². The Bertz CT molecular complexity index is 1300. The number of ether oxygens (including phenoxy) is 3. The summed E-state index contributed by atoms with van der Waals surface area (Å²) in [5, 5.41) is 0. The molecule has 3 rings (SSSR count). The predicted molar refractivity (Wildman–Crippen MR) is 132 cm³/mol. The van der Waals surface area contributed by atoms with Gasteiger partial charge in [0.2, 0.25) is 0 Å². The van der Waals surface area contributed by atoms with E-state index in [0.717, 1.165) is 28.3 Å². The highest BCUT2D eigenvalue weighted by atomic mass is 19.1. The summed E-state index contributed by atoms with van der Waals surface area (Å²) < 4.78 is 29.7. The Balaban J connectivity index is 1.59. The standard InChI is InChI=1S/C30H23FO4/c1-3-30(32)35-21-27-13-8-23(9-14-27)5-10-25-16-18-28(29(31)19-25)17-15-24-6-11-26(12-7-24)20-34-22-33-4-2/h3-4,6-9,11-14,16,18-19H,1-2,20-22H2. The van der Waals surface area contributed by atoms with Gasteiger partial charge in [0.05, 0.1) is 18.4 Å². The zero-order valence-electron chi connectivity index (χ0n) is 19.1. The van der Waals surface area contributed by atoms with Crippen molar-refractivity contribution < 1.29 is 23.4 Å². The number of halogens is 1. The van der Waals surface area contributed by atoms with Crippen LogP contribution >= 0.6 is 0 Å². The maximum Gasteiger partial charge on any atom is 0.330 e. The smallest absolute Gasteiger partial charge is 0.330 e. The van der Waals surface area contributed by atoms with Crippen LogP contribution < -0.4 is 0 Å². The molecule has 0 radical (unpaired) electrons. The van der Waals surface area contributed by atoms with Gasteiger partial charge in [-0.3, -0.25) is 0 Å². The number of carbonyl (C=O) groups is 1. The van der Waals surface area contributed by atoms with Crippen molar-refractivity contribution in [2.45, 2.75) is 13.2 Å². The van der Waals surface area contributed by atoms with Crippen LogP contribution in [0.15, 0.2) is 92.2 Å². The number of esters is 1. The van der Waals surface area contributed by atoms with Gasteiger partial charge in [-0.05, 0) is 53.6 Å². The van der Waals surface area contributed by atoms with Gasteiger partial charge in [0.25, 0.3) is 0 Å². The fraction of sp³-hybridized carbons (Fsp3) is 0.100. The highest BCUT2D eigenvalue weighted by Gasteiger charge is 2.01. The molecule has 0 aromatic heterocycles. The molecule has 0 amide bonds. The Morgan fingerprint density at radius 3 is 1.97 bits per heavy atom. The quantitative estimate of drug-likeness (QED) is 0.110. The second kappa shape index (κ2) is 13.2. The van der Waals surface area contributed by atoms with Crippen LogP contribution in [0.3, 0.4) is 0 Å². The molecular weight excluding hydrogens is 443 g/mol. The van der Waals surface area contributed by atoms with Gasteiger partial charge >= 0.3 is 5.97 Å². The van der Waals surface area contributed by atoms with Crippen LogP contribution in [0, 0.1) is 29.5 Å². The largest absolute Gasteiger partial charge is 0.476 e. The fourth-order valence-corrected chi connectivity index (χ4v) is 2.82. The molecule has 0 N–H and O–H groups in total. The number of benzene rings is 3. The van der Waals surface area contributed by atoms with Gasteiger partial charge in [-0.2, -0.15) is 0 Å². The highest BCUT2D eigenvalue weighted by Crippen LogP contribution is 2.11. The van der Waals surface area contributed by atoms with Crippen molar-refractivity contribution in [2.75, 3.05) is 6.79 Å². The number of carbonyl (C=O) groups excluding carboxylic acids is 1. The van der Waals surface area contributed by atoms with E-state index in [9.17, 15) is 9.18 Å². The Labute approximate surface area is 204 Å². The van der Waals surface area contributed by atoms with Crippen LogP contribution in [0.4, 0.5) is 4.39 Å². The molecule has 174 valence electrons. The highest BCUT2D eigenvalue weighted by molar-refractivity contribution is 5.81. The molecule has 0 saturated carbocycles. The van der Waals surface area contributed by atoms with Crippen LogP contribution in [0.5, 0.6) is 0 Å². The predicted octanol–water partition coefficient (Wildman–Crippen LogP) is 5.49. The second-order valence-electron chi connectivity index (χ2n) is 7.20. The topological polar surface area (TPSA) is 44.8 Å². The Morgan fingerprint density at radius 2 is 1.37 bits per heavy atom. The molecule has 4 nitrogen and oxygen atoms in total. The lowest BCUT2D eigenvalue weighted by atomic mass is 10.1. The minimum Gasteiger partial charge on any atom is -0.476 e. The lowest BCUT2D eigenvalue weighted by Gasteiger charge is -2.03. The molecule has 0 aliphatic carbocycles. The molecule has 0 bridgehead atoms. The zero-order valence-corrected chi connectivity index (χ0v) is 19.1. The molecule has 0 unspecified atom stereocenters. The molecule has 0 spiro atoms. The maximum atomic E-state index is 14.5. The molecule has 0 aliphatic heterocycles. The summed E-state index contributed by atoms with van der Waals surface area (Å²) >= 11 is 0. The van der Waals surface area contributed by atoms with Crippen molar-refractivity contribution in [2.24, 2.45) is 0 Å². The molecule has 35 heavy (non-hydrogen) atoms. The Morgan fingerprint density at radius 1 is 0.800 bits per heavy atom. The van der Waals surface area contributed by atoms with Crippen molar-refractivity contribution >= 4 is 5.97 Å². The van der Waals surface area contributed by atoms with Gasteiger partial charge in [-0.15, -0.1) is 0 Å². The molecule has 5 heteroatoms. The van der Waals surface area contributed by atoms with Crippen LogP contribution in [-0.4, -0.2) is 12.8 Å². The first-order valence-corrected chi connectivity index (χ1v) is 10.7. The van der Waals surface area contributed by atoms with Crippen LogP contribution in [0.25, 0.3) is 0 Å². The van der Waals surface area contributed by atoms with E-state index in [1.807, 2.05) is 48.5 Å². The average Bonchev–Trinajstić information content (AvgIpc) is 2.89. The van der Waals surface area contributed by atoms with Crippen molar-refractivity contribution in [3.63, 3.8) is 0 Å². The van der Waals surface area contributed by atoms with Gasteiger partial charge in [0.1, 0.15) is 12.4 Å². The van der Waals surface area contributed by atoms with Crippen molar-refractivity contribution in [3.05, 3.63) is 131 Å². The minimum atomic E-state index is -0.474. The van der Waals surface area contributed by atoms with E-state index in [1.165, 1.54) is 12.3 Å². The molecule has 0 atom stereocenters. The lowest BCUT2D eigenvalue weighted by Crippen LogP contribution is -1.99. The molecule has 3 aromatic carbocycles. The summed E-state index contributed by atoms with van der Waals surface area (Å²) in [5.74, 6) is 10.9. The molecule has 0 aliphatic rings. The summed E-state index contributed by atoms with van der Waals surface area (Å²) in [6.07, 6.45) is 2.44. The van der Waals surface area contributed by atoms with Gasteiger partial charge in [0, 0.05) is 22.8 Å². The van der Waals surface area contributed by atoms with Crippen molar-refractivity contribution in [3.8, 4) is 23.7 Å². The Kier molecular flexibility index (Phi) is 9.45. The molecule has 0 fully saturated rings. The first-order valence-electron chi connectivity index (χ1n) is 10.7. The van der Waals surface area contributed by atoms with E-state index in [4.69, 9.17) is 14.2 Å². The van der Waals surface area contributed by atoms with E-state index < -0.39 is 11.8 Å². The van der Waals surface area contributed by atoms with Gasteiger partial charge in [-0.25, -0.2) is 9.18 Å². The molecule has 0 saturated heterocycles. The molecular formula is C30H23FO4. The van der Waals surface area contributed by atoms with E-state index in [-0.39, 0.29) is 13.4 Å². The third kappa shape index (κ3) is 8.37. The second-order valence-corrected chi connectivity index (χ2v) is 7.20. The maximum absolute atomic E-state index is 14.5. The van der Waals surface area contributed by atoms with Crippen LogP contribution in [0.2, 0.25) is 0 Å². The van der Waals surface area contributed by atoms with Gasteiger partial charge < -0.3 is 14.2 Å². The zero-order chi connectivity index (χ0) is 24.9.